The highest BCUT2D eigenvalue weighted by molar-refractivity contribution is 5.78. The normalized spacial score (nSPS) is 16.2. The highest BCUT2D eigenvalue weighted by Gasteiger charge is 2.23. The fraction of sp³-hybridized carbons (Fsp3) is 0.529. The second-order valence-electron chi connectivity index (χ2n) is 5.98. The lowest BCUT2D eigenvalue weighted by Crippen LogP contribution is -2.43. The van der Waals surface area contributed by atoms with Gasteiger partial charge >= 0.3 is 0 Å². The van der Waals surface area contributed by atoms with Crippen LogP contribution in [0.2, 0.25) is 0 Å². The summed E-state index contributed by atoms with van der Waals surface area (Å²) in [4.78, 5) is 25.2. The maximum Gasteiger partial charge on any atom is 0.234 e. The number of carbonyl (C=O) groups excluding carboxylic acids is 2. The van der Waals surface area contributed by atoms with Crippen LogP contribution in [0.3, 0.4) is 0 Å². The Labute approximate surface area is 137 Å². The number of hydrogen-bond acceptors (Lipinski definition) is 4. The molecule has 0 unspecified atom stereocenters. The lowest BCUT2D eigenvalue weighted by molar-refractivity contribution is -0.124. The van der Waals surface area contributed by atoms with E-state index in [9.17, 15) is 9.59 Å². The molecule has 126 valence electrons. The second-order valence-corrected chi connectivity index (χ2v) is 5.98. The minimum absolute atomic E-state index is 0.000306. The van der Waals surface area contributed by atoms with E-state index < -0.39 is 0 Å². The first-order chi connectivity index (χ1) is 11.1. The number of piperidine rings is 1. The number of likely N-dealkylation sites (tertiary alicyclic amines) is 1. The predicted molar refractivity (Wildman–Crippen MR) is 87.4 cm³/mol. The number of rotatable bonds is 7. The van der Waals surface area contributed by atoms with Crippen LogP contribution in [0.5, 0.6) is 0 Å². The van der Waals surface area contributed by atoms with Gasteiger partial charge in [0.05, 0.1) is 13.2 Å². The molecule has 0 spiro atoms. The number of ether oxygens (including phenoxy) is 1. The third kappa shape index (κ3) is 5.65. The van der Waals surface area contributed by atoms with Crippen LogP contribution in [0.1, 0.15) is 24.0 Å². The minimum atomic E-state index is -0.231. The molecule has 2 amide bonds. The van der Waals surface area contributed by atoms with Crippen molar-refractivity contribution in [3.63, 3.8) is 0 Å². The lowest BCUT2D eigenvalue weighted by atomic mass is 9.96. The van der Waals surface area contributed by atoms with Gasteiger partial charge in [0.2, 0.25) is 11.8 Å². The molecule has 1 aromatic carbocycles. The number of nitrogens with zero attached hydrogens (tertiary/aromatic N) is 1. The molecule has 1 aromatic rings. The first kappa shape index (κ1) is 17.4. The summed E-state index contributed by atoms with van der Waals surface area (Å²) in [6.07, 6.45) is 1.48. The molecule has 23 heavy (non-hydrogen) atoms. The largest absolute Gasteiger partial charge is 0.380 e. The summed E-state index contributed by atoms with van der Waals surface area (Å²) < 4.78 is 5.11. The summed E-state index contributed by atoms with van der Waals surface area (Å²) in [5.74, 6) is -0.275. The molecule has 0 aromatic heterocycles. The van der Waals surface area contributed by atoms with E-state index in [4.69, 9.17) is 10.5 Å². The monoisotopic (exact) mass is 319 g/mol. The molecule has 1 aliphatic rings. The fourth-order valence-electron chi connectivity index (χ4n) is 2.83. The van der Waals surface area contributed by atoms with Crippen molar-refractivity contribution in [1.82, 2.24) is 10.2 Å². The van der Waals surface area contributed by atoms with E-state index in [-0.39, 0.29) is 17.7 Å². The number of hydrogen-bond donors (Lipinski definition) is 2. The number of methoxy groups -OCH3 is 1. The Balaban J connectivity index is 1.73. The van der Waals surface area contributed by atoms with E-state index in [1.165, 1.54) is 0 Å². The average molecular weight is 319 g/mol. The van der Waals surface area contributed by atoms with E-state index in [1.807, 2.05) is 24.3 Å². The van der Waals surface area contributed by atoms with Crippen molar-refractivity contribution in [3.8, 4) is 0 Å². The zero-order chi connectivity index (χ0) is 16.7. The van der Waals surface area contributed by atoms with Crippen LogP contribution in [-0.2, 0) is 27.5 Å². The van der Waals surface area contributed by atoms with Crippen LogP contribution >= 0.6 is 0 Å². The Morgan fingerprint density at radius 3 is 2.65 bits per heavy atom. The predicted octanol–water partition coefficient (Wildman–Crippen LogP) is 0.647. The first-order valence-corrected chi connectivity index (χ1v) is 7.93. The van der Waals surface area contributed by atoms with Gasteiger partial charge in [-0.15, -0.1) is 0 Å². The average Bonchev–Trinajstić information content (AvgIpc) is 2.54. The summed E-state index contributed by atoms with van der Waals surface area (Å²) in [7, 11) is 1.66. The van der Waals surface area contributed by atoms with Crippen LogP contribution in [0.25, 0.3) is 0 Å². The van der Waals surface area contributed by atoms with Gasteiger partial charge < -0.3 is 15.8 Å². The van der Waals surface area contributed by atoms with Crippen LogP contribution in [-0.4, -0.2) is 43.5 Å². The van der Waals surface area contributed by atoms with Gasteiger partial charge in [0.1, 0.15) is 0 Å². The molecule has 3 N–H and O–H groups in total. The Hall–Kier alpha value is -1.92. The van der Waals surface area contributed by atoms with Gasteiger partial charge in [-0.1, -0.05) is 24.3 Å². The third-order valence-corrected chi connectivity index (χ3v) is 4.15. The highest BCUT2D eigenvalue weighted by atomic mass is 16.5. The van der Waals surface area contributed by atoms with Crippen molar-refractivity contribution in [2.24, 2.45) is 11.7 Å². The number of carbonyl (C=O) groups is 2. The number of primary amides is 1. The molecule has 2 rings (SSSR count). The maximum absolute atomic E-state index is 12.0. The summed E-state index contributed by atoms with van der Waals surface area (Å²) in [5, 5.41) is 2.94. The standard InChI is InChI=1S/C17H25N3O3/c1-23-12-14-4-2-3-13(9-14)10-19-16(21)11-20-7-5-15(6-8-20)17(18)22/h2-4,9,15H,5-8,10-12H2,1H3,(H2,18,22)(H,19,21). The molecule has 6 nitrogen and oxygen atoms in total. The quantitative estimate of drug-likeness (QED) is 0.773. The van der Waals surface area contributed by atoms with Gasteiger partial charge in [-0.2, -0.15) is 0 Å². The highest BCUT2D eigenvalue weighted by Crippen LogP contribution is 2.16. The zero-order valence-corrected chi connectivity index (χ0v) is 13.6. The SMILES string of the molecule is COCc1cccc(CNC(=O)CN2CCC(C(N)=O)CC2)c1. The topological polar surface area (TPSA) is 84.7 Å². The lowest BCUT2D eigenvalue weighted by Gasteiger charge is -2.29. The number of amides is 2. The van der Waals surface area contributed by atoms with Crippen LogP contribution in [0.15, 0.2) is 24.3 Å². The van der Waals surface area contributed by atoms with E-state index in [2.05, 4.69) is 10.2 Å². The van der Waals surface area contributed by atoms with Crippen molar-refractivity contribution in [2.75, 3.05) is 26.7 Å². The van der Waals surface area contributed by atoms with Gasteiger partial charge in [-0.05, 0) is 37.1 Å². The van der Waals surface area contributed by atoms with Crippen LogP contribution < -0.4 is 11.1 Å². The van der Waals surface area contributed by atoms with Gasteiger partial charge in [0.15, 0.2) is 0 Å². The molecular weight excluding hydrogens is 294 g/mol. The minimum Gasteiger partial charge on any atom is -0.380 e. The van der Waals surface area contributed by atoms with Crippen molar-refractivity contribution >= 4 is 11.8 Å². The molecule has 1 heterocycles. The summed E-state index contributed by atoms with van der Waals surface area (Å²) in [6.45, 7) is 2.92. The molecule has 0 saturated carbocycles. The zero-order valence-electron chi connectivity index (χ0n) is 13.6. The first-order valence-electron chi connectivity index (χ1n) is 7.93. The molecule has 1 fully saturated rings. The summed E-state index contributed by atoms with van der Waals surface area (Å²) in [6, 6.07) is 7.97. The van der Waals surface area contributed by atoms with E-state index >= 15 is 0 Å². The molecule has 0 radical (unpaired) electrons. The van der Waals surface area contributed by atoms with Crippen molar-refractivity contribution in [3.05, 3.63) is 35.4 Å². The van der Waals surface area contributed by atoms with Gasteiger partial charge in [0.25, 0.3) is 0 Å². The van der Waals surface area contributed by atoms with Gasteiger partial charge in [-0.3, -0.25) is 14.5 Å². The number of nitrogens with one attached hydrogen (secondary N) is 1. The Morgan fingerprint density at radius 2 is 2.00 bits per heavy atom. The smallest absolute Gasteiger partial charge is 0.234 e. The molecule has 0 bridgehead atoms. The molecule has 1 aliphatic heterocycles. The maximum atomic E-state index is 12.0. The van der Waals surface area contributed by atoms with Crippen LogP contribution in [0.4, 0.5) is 0 Å². The molecular formula is C17H25N3O3. The van der Waals surface area contributed by atoms with Crippen molar-refractivity contribution < 1.29 is 14.3 Å². The molecule has 0 atom stereocenters. The third-order valence-electron chi connectivity index (χ3n) is 4.15. The van der Waals surface area contributed by atoms with E-state index in [1.54, 1.807) is 7.11 Å². The van der Waals surface area contributed by atoms with E-state index in [0.717, 1.165) is 37.1 Å². The number of benzene rings is 1. The molecule has 6 heteroatoms. The van der Waals surface area contributed by atoms with Crippen molar-refractivity contribution in [1.29, 1.82) is 0 Å². The fourth-order valence-corrected chi connectivity index (χ4v) is 2.83. The van der Waals surface area contributed by atoms with Gasteiger partial charge in [-0.25, -0.2) is 0 Å². The molecule has 1 saturated heterocycles. The molecule has 0 aliphatic carbocycles. The van der Waals surface area contributed by atoms with Crippen molar-refractivity contribution in [2.45, 2.75) is 26.0 Å². The van der Waals surface area contributed by atoms with E-state index in [0.29, 0.717) is 19.7 Å². The second kappa shape index (κ2) is 8.64. The Bertz CT molecular complexity index is 540. The van der Waals surface area contributed by atoms with Gasteiger partial charge in [0, 0.05) is 19.6 Å². The van der Waals surface area contributed by atoms with Crippen LogP contribution in [0, 0.1) is 5.92 Å². The summed E-state index contributed by atoms with van der Waals surface area (Å²) in [5.41, 5.74) is 7.46. The number of nitrogens with two attached hydrogens (primary N) is 1. The Morgan fingerprint density at radius 1 is 1.30 bits per heavy atom. The Kier molecular flexibility index (Phi) is 6.55. The summed E-state index contributed by atoms with van der Waals surface area (Å²) >= 11 is 0.